The summed E-state index contributed by atoms with van der Waals surface area (Å²) >= 11 is 3.08. The molecule has 0 aliphatic rings. The van der Waals surface area contributed by atoms with E-state index in [9.17, 15) is 8.78 Å². The largest absolute Gasteiger partial charge is 0.265 e. The normalized spacial score (nSPS) is 9.88. The lowest BCUT2D eigenvalue weighted by Gasteiger charge is -2.08. The summed E-state index contributed by atoms with van der Waals surface area (Å²) in [4.78, 5) is 3.97. The molecule has 3 nitrogen and oxygen atoms in total. The summed E-state index contributed by atoms with van der Waals surface area (Å²) in [6, 6.07) is 4.65. The number of nitriles is 2. The van der Waals surface area contributed by atoms with E-state index < -0.39 is 6.43 Å². The van der Waals surface area contributed by atoms with Gasteiger partial charge in [0.25, 0.3) is 6.43 Å². The van der Waals surface area contributed by atoms with Crippen molar-refractivity contribution in [2.75, 3.05) is 0 Å². The molecular formula is C10H6BrF2N3. The van der Waals surface area contributed by atoms with E-state index in [2.05, 4.69) is 20.9 Å². The van der Waals surface area contributed by atoms with Crippen molar-refractivity contribution >= 4 is 15.9 Å². The molecule has 0 atom stereocenters. The second-order valence-corrected chi connectivity index (χ2v) is 3.47. The van der Waals surface area contributed by atoms with E-state index >= 15 is 0 Å². The Hall–Kier alpha value is -1.53. The summed E-state index contributed by atoms with van der Waals surface area (Å²) in [7, 11) is 0. The number of pyridine rings is 1. The number of rotatable bonds is 3. The van der Waals surface area contributed by atoms with Gasteiger partial charge < -0.3 is 0 Å². The zero-order chi connectivity index (χ0) is 12.1. The average molecular weight is 286 g/mol. The first-order valence-corrected chi connectivity index (χ1v) is 5.40. The van der Waals surface area contributed by atoms with E-state index in [1.54, 1.807) is 6.07 Å². The van der Waals surface area contributed by atoms with Gasteiger partial charge in [-0.25, -0.2) is 8.78 Å². The van der Waals surface area contributed by atoms with Crippen molar-refractivity contribution in [3.63, 3.8) is 0 Å². The van der Waals surface area contributed by atoms with Gasteiger partial charge in [-0.15, -0.1) is 0 Å². The van der Waals surface area contributed by atoms with Crippen LogP contribution in [0.15, 0.2) is 6.07 Å². The fourth-order valence-electron chi connectivity index (χ4n) is 1.25. The molecule has 6 heteroatoms. The Bertz CT molecular complexity index is 474. The lowest BCUT2D eigenvalue weighted by Crippen LogP contribution is -2.03. The van der Waals surface area contributed by atoms with Crippen molar-refractivity contribution in [2.24, 2.45) is 0 Å². The van der Waals surface area contributed by atoms with E-state index in [0.717, 1.165) is 6.07 Å². The molecule has 0 aliphatic carbocycles. The van der Waals surface area contributed by atoms with Crippen LogP contribution < -0.4 is 0 Å². The summed E-state index contributed by atoms with van der Waals surface area (Å²) in [5.74, 6) is 0. The highest BCUT2D eigenvalue weighted by Gasteiger charge is 2.18. The average Bonchev–Trinajstić information content (AvgIpc) is 2.28. The molecule has 0 amide bonds. The van der Waals surface area contributed by atoms with Gasteiger partial charge in [0.2, 0.25) is 0 Å². The molecule has 1 rings (SSSR count). The van der Waals surface area contributed by atoms with E-state index in [1.165, 1.54) is 0 Å². The third kappa shape index (κ3) is 2.53. The highest BCUT2D eigenvalue weighted by Crippen LogP contribution is 2.26. The van der Waals surface area contributed by atoms with E-state index in [4.69, 9.17) is 10.5 Å². The van der Waals surface area contributed by atoms with Crippen LogP contribution in [0.4, 0.5) is 8.78 Å². The molecule has 0 aromatic carbocycles. The minimum absolute atomic E-state index is 0.0502. The smallest absolute Gasteiger partial charge is 0.254 e. The van der Waals surface area contributed by atoms with Crippen LogP contribution in [0, 0.1) is 22.7 Å². The molecule has 0 N–H and O–H groups in total. The predicted molar refractivity (Wildman–Crippen MR) is 55.9 cm³/mol. The Morgan fingerprint density at radius 2 is 2.12 bits per heavy atom. The van der Waals surface area contributed by atoms with Gasteiger partial charge in [0.1, 0.15) is 6.07 Å². The lowest BCUT2D eigenvalue weighted by atomic mass is 10.1. The van der Waals surface area contributed by atoms with Crippen LogP contribution in [0.1, 0.15) is 28.9 Å². The van der Waals surface area contributed by atoms with Gasteiger partial charge in [-0.05, 0) is 6.07 Å². The fraction of sp³-hybridized carbons (Fsp3) is 0.300. The summed E-state index contributed by atoms with van der Waals surface area (Å²) in [5, 5.41) is 17.5. The first-order valence-electron chi connectivity index (χ1n) is 4.27. The SMILES string of the molecule is N#CCc1cc(C(F)F)c(C#N)c(CBr)n1. The highest BCUT2D eigenvalue weighted by molar-refractivity contribution is 9.08. The number of hydrogen-bond acceptors (Lipinski definition) is 3. The second-order valence-electron chi connectivity index (χ2n) is 2.91. The molecule has 1 aromatic rings. The first kappa shape index (κ1) is 12.5. The van der Waals surface area contributed by atoms with Crippen molar-refractivity contribution in [1.82, 2.24) is 4.98 Å². The van der Waals surface area contributed by atoms with Crippen LogP contribution in [0.25, 0.3) is 0 Å². The number of nitrogens with zero attached hydrogens (tertiary/aromatic N) is 3. The van der Waals surface area contributed by atoms with Crippen molar-refractivity contribution < 1.29 is 8.78 Å². The Kier molecular flexibility index (Phi) is 4.33. The van der Waals surface area contributed by atoms with Crippen molar-refractivity contribution in [2.45, 2.75) is 18.2 Å². The van der Waals surface area contributed by atoms with Crippen LogP contribution in [0.5, 0.6) is 0 Å². The molecular weight excluding hydrogens is 280 g/mol. The highest BCUT2D eigenvalue weighted by atomic mass is 79.9. The number of alkyl halides is 3. The molecule has 0 bridgehead atoms. The van der Waals surface area contributed by atoms with Crippen LogP contribution in [-0.4, -0.2) is 4.98 Å². The summed E-state index contributed by atoms with van der Waals surface area (Å²) in [6.07, 6.45) is -2.79. The Morgan fingerprint density at radius 3 is 2.56 bits per heavy atom. The standard InChI is InChI=1S/C10H6BrF2N3/c11-4-9-8(5-15)7(10(12)13)3-6(16-9)1-2-14/h3,10H,1,4H2. The molecule has 16 heavy (non-hydrogen) atoms. The monoisotopic (exact) mass is 285 g/mol. The molecule has 0 saturated carbocycles. The Balaban J connectivity index is 3.40. The zero-order valence-electron chi connectivity index (χ0n) is 8.04. The molecule has 0 spiro atoms. The van der Waals surface area contributed by atoms with E-state index in [0.29, 0.717) is 0 Å². The number of aromatic nitrogens is 1. The summed E-state index contributed by atoms with van der Waals surface area (Å²) in [6.45, 7) is 0. The summed E-state index contributed by atoms with van der Waals surface area (Å²) in [5.41, 5.74) is 0.0163. The maximum atomic E-state index is 12.7. The van der Waals surface area contributed by atoms with Gasteiger partial charge in [0.15, 0.2) is 0 Å². The molecule has 1 aromatic heterocycles. The summed E-state index contributed by atoms with van der Waals surface area (Å²) < 4.78 is 25.3. The molecule has 0 fully saturated rings. The molecule has 0 saturated heterocycles. The van der Waals surface area contributed by atoms with Gasteiger partial charge in [0, 0.05) is 10.9 Å². The van der Waals surface area contributed by atoms with E-state index in [-0.39, 0.29) is 34.3 Å². The topological polar surface area (TPSA) is 60.5 Å². The maximum absolute atomic E-state index is 12.7. The third-order valence-corrected chi connectivity index (χ3v) is 2.44. The number of hydrogen-bond donors (Lipinski definition) is 0. The van der Waals surface area contributed by atoms with Crippen molar-refractivity contribution in [3.05, 3.63) is 28.6 Å². The minimum Gasteiger partial charge on any atom is -0.254 e. The second kappa shape index (κ2) is 5.53. The van der Waals surface area contributed by atoms with Gasteiger partial charge in [-0.3, -0.25) is 4.98 Å². The van der Waals surface area contributed by atoms with Crippen LogP contribution in [0.3, 0.4) is 0 Å². The van der Waals surface area contributed by atoms with Gasteiger partial charge in [-0.2, -0.15) is 10.5 Å². The van der Waals surface area contributed by atoms with Gasteiger partial charge in [0.05, 0.1) is 29.4 Å². The predicted octanol–water partition coefficient (Wildman–Crippen LogP) is 2.85. The molecule has 0 aliphatic heterocycles. The fourth-order valence-corrected chi connectivity index (χ4v) is 1.65. The molecule has 1 heterocycles. The van der Waals surface area contributed by atoms with Crippen LogP contribution >= 0.6 is 15.9 Å². The minimum atomic E-state index is -2.74. The van der Waals surface area contributed by atoms with Crippen molar-refractivity contribution in [3.8, 4) is 12.1 Å². The van der Waals surface area contributed by atoms with Gasteiger partial charge >= 0.3 is 0 Å². The molecule has 0 unspecified atom stereocenters. The maximum Gasteiger partial charge on any atom is 0.265 e. The number of halogens is 3. The quantitative estimate of drug-likeness (QED) is 0.803. The molecule has 82 valence electrons. The van der Waals surface area contributed by atoms with Crippen LogP contribution in [0.2, 0.25) is 0 Å². The lowest BCUT2D eigenvalue weighted by molar-refractivity contribution is 0.150. The third-order valence-electron chi connectivity index (χ3n) is 1.91. The van der Waals surface area contributed by atoms with E-state index in [1.807, 2.05) is 6.07 Å². The van der Waals surface area contributed by atoms with Crippen LogP contribution in [-0.2, 0) is 11.8 Å². The molecule has 0 radical (unpaired) electrons. The Morgan fingerprint density at radius 1 is 1.44 bits per heavy atom. The Labute approximate surface area is 99.5 Å². The zero-order valence-corrected chi connectivity index (χ0v) is 9.63. The van der Waals surface area contributed by atoms with Gasteiger partial charge in [-0.1, -0.05) is 15.9 Å². The van der Waals surface area contributed by atoms with Crippen molar-refractivity contribution in [1.29, 1.82) is 10.5 Å². The first-order chi connectivity index (χ1) is 7.63.